The Kier molecular flexibility index (Phi) is 5.22. The van der Waals surface area contributed by atoms with Crippen LogP contribution in [-0.2, 0) is 22.6 Å². The monoisotopic (exact) mass is 344 g/mol. The van der Waals surface area contributed by atoms with Gasteiger partial charge in [-0.3, -0.25) is 4.79 Å². The Morgan fingerprint density at radius 3 is 3.04 bits per heavy atom. The molecule has 124 valence electrons. The van der Waals surface area contributed by atoms with Gasteiger partial charge in [0, 0.05) is 12.0 Å². The quantitative estimate of drug-likeness (QED) is 0.611. The highest BCUT2D eigenvalue weighted by Crippen LogP contribution is 2.21. The Hall–Kier alpha value is -2.67. The molecule has 0 radical (unpaired) electrons. The van der Waals surface area contributed by atoms with E-state index in [1.165, 1.54) is 0 Å². The van der Waals surface area contributed by atoms with E-state index >= 15 is 0 Å². The molecule has 0 saturated carbocycles. The third-order valence-electron chi connectivity index (χ3n) is 3.35. The van der Waals surface area contributed by atoms with Crippen molar-refractivity contribution in [3.8, 4) is 17.1 Å². The first-order valence-electron chi connectivity index (χ1n) is 7.38. The summed E-state index contributed by atoms with van der Waals surface area (Å²) in [7, 11) is 1.59. The van der Waals surface area contributed by atoms with Crippen LogP contribution in [0.4, 0.5) is 0 Å². The second-order valence-corrected chi connectivity index (χ2v) is 5.82. The summed E-state index contributed by atoms with van der Waals surface area (Å²) in [5.41, 5.74) is 1.91. The van der Waals surface area contributed by atoms with Crippen LogP contribution in [0.2, 0.25) is 0 Å². The maximum absolute atomic E-state index is 11.7. The number of rotatable bonds is 7. The van der Waals surface area contributed by atoms with Crippen molar-refractivity contribution in [1.82, 2.24) is 10.1 Å². The van der Waals surface area contributed by atoms with Gasteiger partial charge in [0.05, 0.1) is 7.11 Å². The smallest absolute Gasteiger partial charge is 0.306 e. The molecule has 2 aromatic heterocycles. The molecule has 0 bridgehead atoms. The SMILES string of the molecule is COc1cccc(-c2noc(COC(=O)CCc3ccsc3)n2)c1. The van der Waals surface area contributed by atoms with E-state index in [0.717, 1.165) is 11.1 Å². The van der Waals surface area contributed by atoms with Crippen molar-refractivity contribution in [3.63, 3.8) is 0 Å². The molecule has 0 aliphatic rings. The molecule has 0 N–H and O–H groups in total. The van der Waals surface area contributed by atoms with Crippen molar-refractivity contribution in [2.75, 3.05) is 7.11 Å². The van der Waals surface area contributed by atoms with Crippen LogP contribution in [0.5, 0.6) is 5.75 Å². The molecule has 7 heteroatoms. The zero-order valence-electron chi connectivity index (χ0n) is 13.1. The van der Waals surface area contributed by atoms with E-state index in [4.69, 9.17) is 14.0 Å². The van der Waals surface area contributed by atoms with E-state index in [1.807, 2.05) is 41.1 Å². The standard InChI is InChI=1S/C17H16N2O4S/c1-21-14-4-2-3-13(9-14)17-18-15(23-19-17)10-22-16(20)6-5-12-7-8-24-11-12/h2-4,7-9,11H,5-6,10H2,1H3. The lowest BCUT2D eigenvalue weighted by Gasteiger charge is -2.01. The fourth-order valence-corrected chi connectivity index (χ4v) is 2.79. The number of ether oxygens (including phenoxy) is 2. The van der Waals surface area contributed by atoms with E-state index in [1.54, 1.807) is 18.4 Å². The third kappa shape index (κ3) is 4.20. The van der Waals surface area contributed by atoms with E-state index < -0.39 is 0 Å². The molecular formula is C17H16N2O4S. The highest BCUT2D eigenvalue weighted by Gasteiger charge is 2.12. The average Bonchev–Trinajstić information content (AvgIpc) is 3.30. The van der Waals surface area contributed by atoms with Gasteiger partial charge in [-0.05, 0) is 40.9 Å². The topological polar surface area (TPSA) is 74.5 Å². The number of carbonyl (C=O) groups excluding carboxylic acids is 1. The number of carbonyl (C=O) groups is 1. The number of benzene rings is 1. The van der Waals surface area contributed by atoms with Crippen LogP contribution in [0.3, 0.4) is 0 Å². The second kappa shape index (κ2) is 7.74. The summed E-state index contributed by atoms with van der Waals surface area (Å²) in [6.07, 6.45) is 0.995. The zero-order chi connectivity index (χ0) is 16.8. The minimum atomic E-state index is -0.290. The molecule has 2 heterocycles. The average molecular weight is 344 g/mol. The summed E-state index contributed by atoms with van der Waals surface area (Å²) in [4.78, 5) is 16.0. The molecule has 0 atom stereocenters. The van der Waals surface area contributed by atoms with Crippen LogP contribution in [0.1, 0.15) is 17.9 Å². The number of hydrogen-bond acceptors (Lipinski definition) is 7. The zero-order valence-corrected chi connectivity index (χ0v) is 13.9. The Bertz CT molecular complexity index is 799. The highest BCUT2D eigenvalue weighted by molar-refractivity contribution is 7.07. The van der Waals surface area contributed by atoms with Crippen molar-refractivity contribution < 1.29 is 18.8 Å². The van der Waals surface area contributed by atoms with Crippen molar-refractivity contribution in [2.45, 2.75) is 19.4 Å². The van der Waals surface area contributed by atoms with E-state index in [2.05, 4.69) is 10.1 Å². The molecule has 0 unspecified atom stereocenters. The molecule has 0 fully saturated rings. The van der Waals surface area contributed by atoms with Gasteiger partial charge in [0.1, 0.15) is 5.75 Å². The summed E-state index contributed by atoms with van der Waals surface area (Å²) in [5, 5.41) is 7.90. The van der Waals surface area contributed by atoms with Gasteiger partial charge in [-0.15, -0.1) is 0 Å². The lowest BCUT2D eigenvalue weighted by Crippen LogP contribution is -2.05. The molecule has 6 nitrogen and oxygen atoms in total. The van der Waals surface area contributed by atoms with Gasteiger partial charge in [0.25, 0.3) is 5.89 Å². The molecule has 0 spiro atoms. The number of aryl methyl sites for hydroxylation is 1. The van der Waals surface area contributed by atoms with Crippen LogP contribution in [0.15, 0.2) is 45.6 Å². The number of methoxy groups -OCH3 is 1. The number of aromatic nitrogens is 2. The fourth-order valence-electron chi connectivity index (χ4n) is 2.09. The van der Waals surface area contributed by atoms with E-state index in [9.17, 15) is 4.79 Å². The van der Waals surface area contributed by atoms with Gasteiger partial charge in [-0.2, -0.15) is 16.3 Å². The Morgan fingerprint density at radius 1 is 1.33 bits per heavy atom. The summed E-state index contributed by atoms with van der Waals surface area (Å²) < 4.78 is 15.4. The van der Waals surface area contributed by atoms with Gasteiger partial charge in [-0.1, -0.05) is 17.3 Å². The van der Waals surface area contributed by atoms with Gasteiger partial charge in [0.15, 0.2) is 6.61 Å². The summed E-state index contributed by atoms with van der Waals surface area (Å²) in [6.45, 7) is -0.0283. The predicted molar refractivity (Wildman–Crippen MR) is 88.7 cm³/mol. The van der Waals surface area contributed by atoms with Gasteiger partial charge >= 0.3 is 5.97 Å². The van der Waals surface area contributed by atoms with Crippen molar-refractivity contribution in [1.29, 1.82) is 0 Å². The lowest BCUT2D eigenvalue weighted by molar-refractivity contribution is -0.145. The first kappa shape index (κ1) is 16.2. The van der Waals surface area contributed by atoms with E-state index in [-0.39, 0.29) is 18.5 Å². The van der Waals surface area contributed by atoms with Crippen molar-refractivity contribution >= 4 is 17.3 Å². The molecule has 0 aliphatic heterocycles. The molecule has 24 heavy (non-hydrogen) atoms. The Balaban J connectivity index is 1.53. The number of nitrogens with zero attached hydrogens (tertiary/aromatic N) is 2. The summed E-state index contributed by atoms with van der Waals surface area (Å²) in [6, 6.07) is 9.33. The van der Waals surface area contributed by atoms with Gasteiger partial charge < -0.3 is 14.0 Å². The minimum Gasteiger partial charge on any atom is -0.497 e. The van der Waals surface area contributed by atoms with Crippen molar-refractivity contribution in [3.05, 3.63) is 52.5 Å². The van der Waals surface area contributed by atoms with Crippen molar-refractivity contribution in [2.24, 2.45) is 0 Å². The summed E-state index contributed by atoms with van der Waals surface area (Å²) >= 11 is 1.61. The van der Waals surface area contributed by atoms with Crippen LogP contribution in [0, 0.1) is 0 Å². The molecule has 3 aromatic rings. The molecule has 3 rings (SSSR count). The summed E-state index contributed by atoms with van der Waals surface area (Å²) in [5.74, 6) is 1.11. The van der Waals surface area contributed by atoms with Crippen LogP contribution in [-0.4, -0.2) is 23.2 Å². The largest absolute Gasteiger partial charge is 0.497 e. The van der Waals surface area contributed by atoms with Gasteiger partial charge in [0.2, 0.25) is 5.82 Å². The maximum Gasteiger partial charge on any atom is 0.306 e. The minimum absolute atomic E-state index is 0.0283. The van der Waals surface area contributed by atoms with E-state index in [0.29, 0.717) is 24.4 Å². The fraction of sp³-hybridized carbons (Fsp3) is 0.235. The Morgan fingerprint density at radius 2 is 2.25 bits per heavy atom. The molecular weight excluding hydrogens is 328 g/mol. The number of thiophene rings is 1. The molecule has 0 saturated heterocycles. The molecule has 0 aliphatic carbocycles. The first-order valence-corrected chi connectivity index (χ1v) is 8.32. The molecule has 1 aromatic carbocycles. The van der Waals surface area contributed by atoms with Gasteiger partial charge in [-0.25, -0.2) is 0 Å². The van der Waals surface area contributed by atoms with Crippen LogP contribution >= 0.6 is 11.3 Å². The van der Waals surface area contributed by atoms with Crippen LogP contribution < -0.4 is 4.74 Å². The molecule has 0 amide bonds. The maximum atomic E-state index is 11.7. The second-order valence-electron chi connectivity index (χ2n) is 5.04. The Labute approximate surface area is 143 Å². The number of esters is 1. The highest BCUT2D eigenvalue weighted by atomic mass is 32.1. The lowest BCUT2D eigenvalue weighted by atomic mass is 10.2. The third-order valence-corrected chi connectivity index (χ3v) is 4.08. The first-order chi connectivity index (χ1) is 11.7. The van der Waals surface area contributed by atoms with Crippen LogP contribution in [0.25, 0.3) is 11.4 Å². The normalized spacial score (nSPS) is 10.5. The predicted octanol–water partition coefficient (Wildman–Crippen LogP) is 3.48. The number of hydrogen-bond donors (Lipinski definition) is 0.